The van der Waals surface area contributed by atoms with Gasteiger partial charge in [-0.25, -0.2) is 0 Å². The molecule has 0 aliphatic heterocycles. The fourth-order valence-electron chi connectivity index (χ4n) is 8.68. The van der Waals surface area contributed by atoms with Crippen LogP contribution in [0.5, 0.6) is 0 Å². The summed E-state index contributed by atoms with van der Waals surface area (Å²) < 4.78 is 2.65. The minimum Gasteiger partial charge on any atom is -0.135 e. The van der Waals surface area contributed by atoms with Crippen molar-refractivity contribution in [3.8, 4) is 44.5 Å². The smallest absolute Gasteiger partial charge is 0.0355 e. The van der Waals surface area contributed by atoms with Gasteiger partial charge in [-0.2, -0.15) is 0 Å². The van der Waals surface area contributed by atoms with Crippen molar-refractivity contribution in [2.24, 2.45) is 0 Å². The van der Waals surface area contributed by atoms with Crippen molar-refractivity contribution in [3.05, 3.63) is 194 Å². The predicted molar refractivity (Wildman–Crippen MR) is 231 cm³/mol. The number of benzene rings is 10. The third-order valence-corrected chi connectivity index (χ3v) is 12.2. The molecule has 1 heterocycles. The maximum atomic E-state index is 2.46. The molecule has 0 saturated heterocycles. The Balaban J connectivity index is 1.27. The number of thiophene rings is 1. The molecule has 11 rings (SSSR count). The summed E-state index contributed by atoms with van der Waals surface area (Å²) in [5.74, 6) is 0. The molecule has 0 aliphatic rings. The van der Waals surface area contributed by atoms with E-state index in [1.54, 1.807) is 0 Å². The Morgan fingerprint density at radius 2 is 0.698 bits per heavy atom. The topological polar surface area (TPSA) is 0 Å². The zero-order valence-electron chi connectivity index (χ0n) is 28.9. The Hall–Kier alpha value is -6.54. The van der Waals surface area contributed by atoms with Gasteiger partial charge in [-0.3, -0.25) is 0 Å². The van der Waals surface area contributed by atoms with Crippen molar-refractivity contribution in [1.82, 2.24) is 0 Å². The van der Waals surface area contributed by atoms with Gasteiger partial charge in [0.15, 0.2) is 0 Å². The number of hydrogen-bond donors (Lipinski definition) is 0. The van der Waals surface area contributed by atoms with Gasteiger partial charge in [0.25, 0.3) is 0 Å². The van der Waals surface area contributed by atoms with Crippen LogP contribution in [0.15, 0.2) is 194 Å². The van der Waals surface area contributed by atoms with E-state index in [4.69, 9.17) is 0 Å². The first-order valence-corrected chi connectivity index (χ1v) is 19.1. The lowest BCUT2D eigenvalue weighted by Crippen LogP contribution is -1.94. The van der Waals surface area contributed by atoms with Gasteiger partial charge in [0.05, 0.1) is 0 Å². The fourth-order valence-corrected chi connectivity index (χ4v) is 9.77. The highest BCUT2D eigenvalue weighted by molar-refractivity contribution is 7.25. The van der Waals surface area contributed by atoms with Crippen LogP contribution in [0.25, 0.3) is 108 Å². The Bertz CT molecular complexity index is 3220. The second-order valence-electron chi connectivity index (χ2n) is 14.0. The van der Waals surface area contributed by atoms with Gasteiger partial charge in [-0.15, -0.1) is 11.3 Å². The molecule has 1 heteroatoms. The first kappa shape index (κ1) is 30.1. The van der Waals surface area contributed by atoms with E-state index in [0.717, 1.165) is 0 Å². The van der Waals surface area contributed by atoms with Crippen LogP contribution in [-0.4, -0.2) is 0 Å². The Morgan fingerprint density at radius 1 is 0.245 bits per heavy atom. The first-order valence-electron chi connectivity index (χ1n) is 18.3. The zero-order chi connectivity index (χ0) is 34.9. The molecular formula is C52H32S. The van der Waals surface area contributed by atoms with E-state index in [0.29, 0.717) is 0 Å². The Morgan fingerprint density at radius 3 is 1.43 bits per heavy atom. The summed E-state index contributed by atoms with van der Waals surface area (Å²) in [6, 6.07) is 71.9. The summed E-state index contributed by atoms with van der Waals surface area (Å²) in [5, 5.41) is 12.7. The molecule has 0 amide bonds. The van der Waals surface area contributed by atoms with Crippen LogP contribution in [0.2, 0.25) is 0 Å². The summed E-state index contributed by atoms with van der Waals surface area (Å²) in [6.45, 7) is 0. The van der Waals surface area contributed by atoms with Crippen LogP contribution in [0, 0.1) is 0 Å². The molecule has 0 aliphatic carbocycles. The number of rotatable bonds is 4. The second-order valence-corrected chi connectivity index (χ2v) is 15.0. The molecule has 53 heavy (non-hydrogen) atoms. The molecule has 0 unspecified atom stereocenters. The van der Waals surface area contributed by atoms with Crippen molar-refractivity contribution in [3.63, 3.8) is 0 Å². The van der Waals surface area contributed by atoms with Crippen molar-refractivity contribution in [2.75, 3.05) is 0 Å². The molecule has 0 radical (unpaired) electrons. The lowest BCUT2D eigenvalue weighted by Gasteiger charge is -2.21. The van der Waals surface area contributed by atoms with Crippen LogP contribution in [0.1, 0.15) is 0 Å². The van der Waals surface area contributed by atoms with Gasteiger partial charge in [0.2, 0.25) is 0 Å². The molecule has 0 spiro atoms. The monoisotopic (exact) mass is 688 g/mol. The van der Waals surface area contributed by atoms with Gasteiger partial charge in [0, 0.05) is 20.2 Å². The quantitative estimate of drug-likeness (QED) is 0.162. The molecule has 0 fully saturated rings. The SMILES string of the molecule is c1ccc(-c2c3ccccc3c(-c3cccc4ccccc34)c3ccc(-c4ccc5sc6ccccc6c5c4)cc23)c(-c2cccc3ccccc23)c1. The summed E-state index contributed by atoms with van der Waals surface area (Å²) in [7, 11) is 0. The second kappa shape index (κ2) is 12.0. The van der Waals surface area contributed by atoms with E-state index in [1.807, 2.05) is 11.3 Å². The molecule has 1 aromatic heterocycles. The van der Waals surface area contributed by atoms with Crippen molar-refractivity contribution in [2.45, 2.75) is 0 Å². The number of hydrogen-bond acceptors (Lipinski definition) is 1. The standard InChI is InChI=1S/C52H32S/c1-3-17-37-33(13-1)15-11-24-39(37)40-19-5-6-21-43(40)52-45-23-8-7-22-44(45)51(42-25-12-16-34-14-2-4-18-38(34)42)46-29-27-35(32-48(46)52)36-28-30-50-47(31-36)41-20-9-10-26-49(41)53-50/h1-32H. The van der Waals surface area contributed by atoms with E-state index in [-0.39, 0.29) is 0 Å². The highest BCUT2D eigenvalue weighted by Gasteiger charge is 2.21. The van der Waals surface area contributed by atoms with Crippen molar-refractivity contribution in [1.29, 1.82) is 0 Å². The van der Waals surface area contributed by atoms with E-state index in [9.17, 15) is 0 Å². The fraction of sp³-hybridized carbons (Fsp3) is 0. The minimum atomic E-state index is 1.22. The van der Waals surface area contributed by atoms with E-state index in [2.05, 4.69) is 194 Å². The molecule has 0 saturated carbocycles. The maximum Gasteiger partial charge on any atom is 0.0355 e. The third-order valence-electron chi connectivity index (χ3n) is 11.1. The summed E-state index contributed by atoms with van der Waals surface area (Å²) >= 11 is 1.87. The van der Waals surface area contributed by atoms with E-state index >= 15 is 0 Å². The summed E-state index contributed by atoms with van der Waals surface area (Å²) in [6.07, 6.45) is 0. The van der Waals surface area contributed by atoms with Gasteiger partial charge >= 0.3 is 0 Å². The summed E-state index contributed by atoms with van der Waals surface area (Å²) in [4.78, 5) is 0. The van der Waals surface area contributed by atoms with Gasteiger partial charge < -0.3 is 0 Å². The molecule has 0 nitrogen and oxygen atoms in total. The predicted octanol–water partition coefficient (Wildman–Crippen LogP) is 15.3. The van der Waals surface area contributed by atoms with Crippen LogP contribution in [0.3, 0.4) is 0 Å². The molecular weight excluding hydrogens is 657 g/mol. The molecule has 11 aromatic rings. The zero-order valence-corrected chi connectivity index (χ0v) is 29.7. The molecule has 0 atom stereocenters. The molecule has 0 N–H and O–H groups in total. The lowest BCUT2D eigenvalue weighted by atomic mass is 9.82. The van der Waals surface area contributed by atoms with Crippen LogP contribution in [0.4, 0.5) is 0 Å². The van der Waals surface area contributed by atoms with Gasteiger partial charge in [-0.1, -0.05) is 170 Å². The van der Waals surface area contributed by atoms with Crippen LogP contribution in [-0.2, 0) is 0 Å². The molecule has 10 aromatic carbocycles. The highest BCUT2D eigenvalue weighted by Crippen LogP contribution is 2.49. The lowest BCUT2D eigenvalue weighted by molar-refractivity contribution is 1.63. The Kier molecular flexibility index (Phi) is 6.83. The maximum absolute atomic E-state index is 2.46. The number of fused-ring (bicyclic) bond motifs is 7. The van der Waals surface area contributed by atoms with Crippen molar-refractivity contribution >= 4 is 74.6 Å². The molecule has 246 valence electrons. The summed E-state index contributed by atoms with van der Waals surface area (Å²) in [5.41, 5.74) is 10.00. The molecule has 0 bridgehead atoms. The van der Waals surface area contributed by atoms with Crippen molar-refractivity contribution < 1.29 is 0 Å². The van der Waals surface area contributed by atoms with E-state index < -0.39 is 0 Å². The average molecular weight is 689 g/mol. The minimum absolute atomic E-state index is 1.22. The van der Waals surface area contributed by atoms with Gasteiger partial charge in [-0.05, 0) is 112 Å². The normalized spacial score (nSPS) is 11.8. The largest absolute Gasteiger partial charge is 0.135 e. The van der Waals surface area contributed by atoms with Crippen LogP contribution < -0.4 is 0 Å². The van der Waals surface area contributed by atoms with E-state index in [1.165, 1.54) is 108 Å². The van der Waals surface area contributed by atoms with Crippen LogP contribution >= 0.6 is 11.3 Å². The third kappa shape index (κ3) is 4.75. The van der Waals surface area contributed by atoms with Gasteiger partial charge in [0.1, 0.15) is 0 Å². The Labute approximate surface area is 311 Å². The first-order chi connectivity index (χ1) is 26.3. The highest BCUT2D eigenvalue weighted by atomic mass is 32.1. The average Bonchev–Trinajstić information content (AvgIpc) is 3.60.